The van der Waals surface area contributed by atoms with Crippen LogP contribution in [0.5, 0.6) is 5.75 Å². The lowest BCUT2D eigenvalue weighted by molar-refractivity contribution is 0.415. The van der Waals surface area contributed by atoms with Crippen LogP contribution in [0, 0.1) is 0 Å². The lowest BCUT2D eigenvalue weighted by Crippen LogP contribution is -2.05. The molecule has 24 heavy (non-hydrogen) atoms. The van der Waals surface area contributed by atoms with Gasteiger partial charge in [-0.2, -0.15) is 0 Å². The van der Waals surface area contributed by atoms with E-state index in [1.165, 1.54) is 0 Å². The van der Waals surface area contributed by atoms with Crippen molar-refractivity contribution in [2.24, 2.45) is 7.05 Å². The van der Waals surface area contributed by atoms with Crippen molar-refractivity contribution < 1.29 is 4.74 Å². The van der Waals surface area contributed by atoms with E-state index in [1.807, 2.05) is 54.2 Å². The number of hydrogen-bond donors (Lipinski definition) is 1. The summed E-state index contributed by atoms with van der Waals surface area (Å²) in [6, 6.07) is 13.5. The Hall–Kier alpha value is -2.17. The number of nitrogens with one attached hydrogen (secondary N) is 1. The van der Waals surface area contributed by atoms with E-state index in [4.69, 9.17) is 27.9 Å². The average Bonchev–Trinajstić information content (AvgIpc) is 2.97. The van der Waals surface area contributed by atoms with Crippen LogP contribution in [0.4, 0.5) is 5.95 Å². The molecule has 1 heterocycles. The first-order valence-corrected chi connectivity index (χ1v) is 8.18. The molecule has 4 nitrogen and oxygen atoms in total. The maximum atomic E-state index is 6.05. The van der Waals surface area contributed by atoms with Gasteiger partial charge in [0.1, 0.15) is 5.75 Å². The Bertz CT molecular complexity index is 861. The second-order valence-corrected chi connectivity index (χ2v) is 6.17. The third-order valence-electron chi connectivity index (χ3n) is 3.79. The SMILES string of the molecule is COc1cccc(-c2cnc(NCc3ccc(Cl)c(Cl)c3)n2C)c1. The molecule has 0 aliphatic heterocycles. The van der Waals surface area contributed by atoms with Gasteiger partial charge in [-0.25, -0.2) is 4.98 Å². The zero-order chi connectivity index (χ0) is 17.1. The summed E-state index contributed by atoms with van der Waals surface area (Å²) >= 11 is 12.0. The number of methoxy groups -OCH3 is 1. The monoisotopic (exact) mass is 361 g/mol. The van der Waals surface area contributed by atoms with Crippen molar-refractivity contribution >= 4 is 29.2 Å². The van der Waals surface area contributed by atoms with Gasteiger partial charge < -0.3 is 14.6 Å². The van der Waals surface area contributed by atoms with Crippen LogP contribution in [0.1, 0.15) is 5.56 Å². The molecule has 0 bridgehead atoms. The van der Waals surface area contributed by atoms with E-state index >= 15 is 0 Å². The summed E-state index contributed by atoms with van der Waals surface area (Å²) in [6.07, 6.45) is 1.84. The minimum absolute atomic E-state index is 0.549. The first kappa shape index (κ1) is 16.7. The predicted molar refractivity (Wildman–Crippen MR) is 99.0 cm³/mol. The molecule has 0 aliphatic carbocycles. The molecule has 0 spiro atoms. The van der Waals surface area contributed by atoms with Gasteiger partial charge in [0, 0.05) is 19.2 Å². The van der Waals surface area contributed by atoms with Crippen molar-refractivity contribution in [2.45, 2.75) is 6.54 Å². The quantitative estimate of drug-likeness (QED) is 0.693. The van der Waals surface area contributed by atoms with Crippen LogP contribution < -0.4 is 10.1 Å². The first-order chi connectivity index (χ1) is 11.6. The number of imidazole rings is 1. The fourth-order valence-corrected chi connectivity index (χ4v) is 2.78. The van der Waals surface area contributed by atoms with Crippen LogP contribution in [0.25, 0.3) is 11.3 Å². The molecular formula is C18H17Cl2N3O. The fourth-order valence-electron chi connectivity index (χ4n) is 2.46. The summed E-state index contributed by atoms with van der Waals surface area (Å²) in [5.74, 6) is 1.60. The van der Waals surface area contributed by atoms with Crippen LogP contribution >= 0.6 is 23.2 Å². The number of benzene rings is 2. The number of ether oxygens (including phenoxy) is 1. The van der Waals surface area contributed by atoms with Crippen LogP contribution in [-0.4, -0.2) is 16.7 Å². The third-order valence-corrected chi connectivity index (χ3v) is 4.53. The summed E-state index contributed by atoms with van der Waals surface area (Å²) in [7, 11) is 3.63. The maximum Gasteiger partial charge on any atom is 0.203 e. The minimum atomic E-state index is 0.549. The number of nitrogens with zero attached hydrogens (tertiary/aromatic N) is 2. The molecule has 0 radical (unpaired) electrons. The molecule has 0 fully saturated rings. The second kappa shape index (κ2) is 7.16. The third kappa shape index (κ3) is 3.50. The van der Waals surface area contributed by atoms with Gasteiger partial charge in [0.2, 0.25) is 5.95 Å². The summed E-state index contributed by atoms with van der Waals surface area (Å²) in [4.78, 5) is 4.45. The lowest BCUT2D eigenvalue weighted by atomic mass is 10.1. The van der Waals surface area contributed by atoms with Gasteiger partial charge in [-0.1, -0.05) is 41.4 Å². The molecule has 3 aromatic rings. The first-order valence-electron chi connectivity index (χ1n) is 7.42. The van der Waals surface area contributed by atoms with Crippen LogP contribution in [0.2, 0.25) is 10.0 Å². The van der Waals surface area contributed by atoms with Crippen molar-refractivity contribution in [1.82, 2.24) is 9.55 Å². The van der Waals surface area contributed by atoms with Crippen molar-refractivity contribution in [3.63, 3.8) is 0 Å². The number of anilines is 1. The molecule has 3 rings (SSSR count). The van der Waals surface area contributed by atoms with Gasteiger partial charge in [-0.05, 0) is 29.8 Å². The number of halogens is 2. The molecule has 124 valence electrons. The van der Waals surface area contributed by atoms with Crippen molar-refractivity contribution in [3.8, 4) is 17.0 Å². The standard InChI is InChI=1S/C18H17Cl2N3O/c1-23-17(13-4-3-5-14(9-13)24-2)11-22-18(23)21-10-12-6-7-15(19)16(20)8-12/h3-9,11H,10H2,1-2H3,(H,21,22). The molecule has 1 N–H and O–H groups in total. The van der Waals surface area contributed by atoms with Crippen LogP contribution in [0.3, 0.4) is 0 Å². The Morgan fingerprint density at radius 1 is 1.12 bits per heavy atom. The van der Waals surface area contributed by atoms with Crippen molar-refractivity contribution in [3.05, 3.63) is 64.3 Å². The van der Waals surface area contributed by atoms with E-state index < -0.39 is 0 Å². The highest BCUT2D eigenvalue weighted by molar-refractivity contribution is 6.42. The Labute approximate surface area is 151 Å². The van der Waals surface area contributed by atoms with Crippen LogP contribution in [-0.2, 0) is 13.6 Å². The van der Waals surface area contributed by atoms with Crippen molar-refractivity contribution in [1.29, 1.82) is 0 Å². The smallest absolute Gasteiger partial charge is 0.203 e. The van der Waals surface area contributed by atoms with Gasteiger partial charge in [0.05, 0.1) is 29.0 Å². The Morgan fingerprint density at radius 2 is 1.96 bits per heavy atom. The molecule has 0 amide bonds. The fraction of sp³-hybridized carbons (Fsp3) is 0.167. The normalized spacial score (nSPS) is 10.7. The molecule has 0 atom stereocenters. The maximum absolute atomic E-state index is 6.05. The van der Waals surface area contributed by atoms with Gasteiger partial charge in [0.25, 0.3) is 0 Å². The molecule has 1 aromatic heterocycles. The molecule has 6 heteroatoms. The summed E-state index contributed by atoms with van der Waals surface area (Å²) in [5, 5.41) is 4.42. The summed E-state index contributed by atoms with van der Waals surface area (Å²) in [6.45, 7) is 0.610. The second-order valence-electron chi connectivity index (χ2n) is 5.36. The van der Waals surface area contributed by atoms with E-state index in [0.29, 0.717) is 16.6 Å². The largest absolute Gasteiger partial charge is 0.497 e. The highest BCUT2D eigenvalue weighted by Crippen LogP contribution is 2.26. The molecule has 2 aromatic carbocycles. The number of aromatic nitrogens is 2. The minimum Gasteiger partial charge on any atom is -0.497 e. The molecule has 0 saturated carbocycles. The van der Waals surface area contributed by atoms with E-state index in [9.17, 15) is 0 Å². The average molecular weight is 362 g/mol. The topological polar surface area (TPSA) is 39.1 Å². The lowest BCUT2D eigenvalue weighted by Gasteiger charge is -2.10. The Morgan fingerprint density at radius 3 is 2.71 bits per heavy atom. The summed E-state index contributed by atoms with van der Waals surface area (Å²) in [5.41, 5.74) is 3.09. The molecule has 0 aliphatic rings. The zero-order valence-corrected chi connectivity index (χ0v) is 14.9. The Kier molecular flexibility index (Phi) is 4.97. The van der Waals surface area contributed by atoms with E-state index in [-0.39, 0.29) is 0 Å². The van der Waals surface area contributed by atoms with Crippen LogP contribution in [0.15, 0.2) is 48.7 Å². The van der Waals surface area contributed by atoms with E-state index in [0.717, 1.165) is 28.5 Å². The van der Waals surface area contributed by atoms with Gasteiger partial charge in [0.15, 0.2) is 0 Å². The highest BCUT2D eigenvalue weighted by Gasteiger charge is 2.09. The van der Waals surface area contributed by atoms with E-state index in [1.54, 1.807) is 13.2 Å². The summed E-state index contributed by atoms with van der Waals surface area (Å²) < 4.78 is 7.29. The van der Waals surface area contributed by atoms with Gasteiger partial charge in [-0.3, -0.25) is 0 Å². The van der Waals surface area contributed by atoms with E-state index in [2.05, 4.69) is 10.3 Å². The zero-order valence-electron chi connectivity index (χ0n) is 13.4. The number of rotatable bonds is 5. The van der Waals surface area contributed by atoms with Gasteiger partial charge >= 0.3 is 0 Å². The molecule has 0 saturated heterocycles. The van der Waals surface area contributed by atoms with Gasteiger partial charge in [-0.15, -0.1) is 0 Å². The molecular weight excluding hydrogens is 345 g/mol. The predicted octanol–water partition coefficient (Wildman–Crippen LogP) is 5.01. The highest BCUT2D eigenvalue weighted by atomic mass is 35.5. The number of hydrogen-bond acceptors (Lipinski definition) is 3. The van der Waals surface area contributed by atoms with Crippen molar-refractivity contribution in [2.75, 3.05) is 12.4 Å². The Balaban J connectivity index is 1.78. The molecule has 0 unspecified atom stereocenters.